The second kappa shape index (κ2) is 5.67. The molecular weight excluding hydrogens is 356 g/mol. The Morgan fingerprint density at radius 3 is 2.10 bits per heavy atom. The summed E-state index contributed by atoms with van der Waals surface area (Å²) >= 11 is 3.49. The van der Waals surface area contributed by atoms with Crippen molar-refractivity contribution >= 4 is 31.6 Å². The van der Waals surface area contributed by atoms with Gasteiger partial charge in [0.1, 0.15) is 16.4 Å². The zero-order valence-electron chi connectivity index (χ0n) is 11.6. The van der Waals surface area contributed by atoms with Gasteiger partial charge in [0.15, 0.2) is 0 Å². The van der Waals surface area contributed by atoms with Gasteiger partial charge in [0.05, 0.1) is 5.69 Å². The summed E-state index contributed by atoms with van der Waals surface area (Å²) in [5, 5.41) is 5.06. The van der Waals surface area contributed by atoms with E-state index in [0.29, 0.717) is 11.5 Å². The van der Waals surface area contributed by atoms with E-state index >= 15 is 0 Å². The summed E-state index contributed by atoms with van der Waals surface area (Å²) in [7, 11) is -3.83. The van der Waals surface area contributed by atoms with Gasteiger partial charge in [-0.15, -0.1) is 0 Å². The van der Waals surface area contributed by atoms with Crippen LogP contribution in [0.2, 0.25) is 0 Å². The molecule has 0 fully saturated rings. The maximum absolute atomic E-state index is 11.3. The third kappa shape index (κ3) is 3.55. The minimum absolute atomic E-state index is 0.0561. The second-order valence-electron chi connectivity index (χ2n) is 4.72. The first kappa shape index (κ1) is 15.8. The van der Waals surface area contributed by atoms with Gasteiger partial charge < -0.3 is 10.5 Å². The maximum atomic E-state index is 11.3. The lowest BCUT2D eigenvalue weighted by molar-refractivity contribution is 0.481. The van der Waals surface area contributed by atoms with E-state index in [1.54, 1.807) is 0 Å². The van der Waals surface area contributed by atoms with E-state index in [9.17, 15) is 8.42 Å². The smallest absolute Gasteiger partial charge is 0.240 e. The summed E-state index contributed by atoms with van der Waals surface area (Å²) in [5.41, 5.74) is 7.84. The number of rotatable bonds is 3. The summed E-state index contributed by atoms with van der Waals surface area (Å²) in [6, 6.07) is 8.04. The summed E-state index contributed by atoms with van der Waals surface area (Å²) in [6.07, 6.45) is 0. The molecule has 0 bridgehead atoms. The van der Waals surface area contributed by atoms with Crippen LogP contribution < -0.4 is 15.6 Å². The van der Waals surface area contributed by atoms with Gasteiger partial charge in [-0.1, -0.05) is 15.9 Å². The standard InChI is InChI=1S/C14H15BrN2O3S/c1-8-5-11(6-9(2)14(8)15)20-10-3-4-13(12(16)7-10)21(17,18)19/h3-7H,16H2,1-2H3,(H2,17,18,19). The fourth-order valence-electron chi connectivity index (χ4n) is 1.95. The molecule has 0 radical (unpaired) electrons. The number of anilines is 1. The van der Waals surface area contributed by atoms with Crippen LogP contribution in [0.4, 0.5) is 5.69 Å². The minimum atomic E-state index is -3.83. The molecule has 0 aliphatic carbocycles. The van der Waals surface area contributed by atoms with Crippen molar-refractivity contribution in [1.29, 1.82) is 0 Å². The Labute approximate surface area is 132 Å². The van der Waals surface area contributed by atoms with Gasteiger partial charge in [0.25, 0.3) is 0 Å². The number of benzene rings is 2. The third-order valence-electron chi connectivity index (χ3n) is 2.93. The van der Waals surface area contributed by atoms with E-state index in [-0.39, 0.29) is 10.6 Å². The second-order valence-corrected chi connectivity index (χ2v) is 7.04. The Morgan fingerprint density at radius 1 is 1.05 bits per heavy atom. The normalized spacial score (nSPS) is 11.4. The van der Waals surface area contributed by atoms with Crippen molar-refractivity contribution in [3.63, 3.8) is 0 Å². The molecule has 2 aromatic rings. The average molecular weight is 371 g/mol. The van der Waals surface area contributed by atoms with Gasteiger partial charge in [-0.2, -0.15) is 0 Å². The van der Waals surface area contributed by atoms with Crippen LogP contribution in [-0.2, 0) is 10.0 Å². The summed E-state index contributed by atoms with van der Waals surface area (Å²) in [5.74, 6) is 1.09. The molecule has 0 unspecified atom stereocenters. The first-order valence-electron chi connectivity index (χ1n) is 6.05. The highest BCUT2D eigenvalue weighted by Gasteiger charge is 2.13. The van der Waals surface area contributed by atoms with Gasteiger partial charge in [0, 0.05) is 10.5 Å². The molecule has 4 N–H and O–H groups in total. The van der Waals surface area contributed by atoms with Crippen molar-refractivity contribution in [3.05, 3.63) is 45.9 Å². The molecule has 0 aliphatic heterocycles. The molecule has 0 atom stereocenters. The highest BCUT2D eigenvalue weighted by atomic mass is 79.9. The first-order valence-corrected chi connectivity index (χ1v) is 8.39. The Hall–Kier alpha value is -1.57. The predicted octanol–water partition coefficient (Wildman–Crippen LogP) is 3.09. The number of hydrogen-bond donors (Lipinski definition) is 2. The largest absolute Gasteiger partial charge is 0.457 e. The molecule has 0 saturated carbocycles. The van der Waals surface area contributed by atoms with Gasteiger partial charge in [-0.25, -0.2) is 13.6 Å². The predicted molar refractivity (Wildman–Crippen MR) is 85.9 cm³/mol. The molecule has 0 amide bonds. The zero-order chi connectivity index (χ0) is 15.8. The number of aryl methyl sites for hydroxylation is 2. The van der Waals surface area contributed by atoms with Gasteiger partial charge >= 0.3 is 0 Å². The van der Waals surface area contributed by atoms with E-state index in [1.807, 2.05) is 26.0 Å². The summed E-state index contributed by atoms with van der Waals surface area (Å²) < 4.78 is 29.3. The Kier molecular flexibility index (Phi) is 4.27. The van der Waals surface area contributed by atoms with Gasteiger partial charge in [0.2, 0.25) is 10.0 Å². The number of ether oxygens (including phenoxy) is 1. The number of hydrogen-bond acceptors (Lipinski definition) is 4. The molecule has 21 heavy (non-hydrogen) atoms. The van der Waals surface area contributed by atoms with Crippen LogP contribution in [0.3, 0.4) is 0 Å². The Balaban J connectivity index is 2.35. The lowest BCUT2D eigenvalue weighted by Gasteiger charge is -2.11. The SMILES string of the molecule is Cc1cc(Oc2ccc(S(N)(=O)=O)c(N)c2)cc(C)c1Br. The van der Waals surface area contributed by atoms with E-state index in [1.165, 1.54) is 18.2 Å². The highest BCUT2D eigenvalue weighted by Crippen LogP contribution is 2.31. The fraction of sp³-hybridized carbons (Fsp3) is 0.143. The van der Waals surface area contributed by atoms with Crippen molar-refractivity contribution in [2.45, 2.75) is 18.7 Å². The van der Waals surface area contributed by atoms with Crippen molar-refractivity contribution in [1.82, 2.24) is 0 Å². The quantitative estimate of drug-likeness (QED) is 0.811. The summed E-state index contributed by atoms with van der Waals surface area (Å²) in [6.45, 7) is 3.92. The molecule has 5 nitrogen and oxygen atoms in total. The molecule has 0 aliphatic rings. The highest BCUT2D eigenvalue weighted by molar-refractivity contribution is 9.10. The van der Waals surface area contributed by atoms with Crippen LogP contribution in [0.25, 0.3) is 0 Å². The topological polar surface area (TPSA) is 95.4 Å². The number of halogens is 1. The van der Waals surface area contributed by atoms with Gasteiger partial charge in [-0.3, -0.25) is 0 Å². The minimum Gasteiger partial charge on any atom is -0.457 e. The van der Waals surface area contributed by atoms with Crippen molar-refractivity contribution < 1.29 is 13.2 Å². The molecule has 2 rings (SSSR count). The van der Waals surface area contributed by atoms with Crippen LogP contribution >= 0.6 is 15.9 Å². The molecule has 112 valence electrons. The molecule has 0 aromatic heterocycles. The van der Waals surface area contributed by atoms with Crippen LogP contribution in [0.1, 0.15) is 11.1 Å². The van der Waals surface area contributed by atoms with Crippen molar-refractivity contribution in [2.75, 3.05) is 5.73 Å². The van der Waals surface area contributed by atoms with Crippen molar-refractivity contribution in [3.8, 4) is 11.5 Å². The maximum Gasteiger partial charge on any atom is 0.240 e. The van der Waals surface area contributed by atoms with E-state index in [0.717, 1.165) is 15.6 Å². The third-order valence-corrected chi connectivity index (χ3v) is 5.17. The zero-order valence-corrected chi connectivity index (χ0v) is 14.0. The molecule has 2 aromatic carbocycles. The summed E-state index contributed by atoms with van der Waals surface area (Å²) in [4.78, 5) is -0.113. The molecule has 0 heterocycles. The number of nitrogens with two attached hydrogens (primary N) is 2. The van der Waals surface area contributed by atoms with Crippen LogP contribution in [-0.4, -0.2) is 8.42 Å². The van der Waals surface area contributed by atoms with E-state index in [2.05, 4.69) is 15.9 Å². The number of nitrogen functional groups attached to an aromatic ring is 1. The van der Waals surface area contributed by atoms with Crippen LogP contribution in [0.5, 0.6) is 11.5 Å². The molecule has 0 saturated heterocycles. The number of primary sulfonamides is 1. The number of sulfonamides is 1. The van der Waals surface area contributed by atoms with Crippen LogP contribution in [0, 0.1) is 13.8 Å². The van der Waals surface area contributed by atoms with Gasteiger partial charge in [-0.05, 0) is 49.2 Å². The average Bonchev–Trinajstić information content (AvgIpc) is 2.34. The lowest BCUT2D eigenvalue weighted by atomic mass is 10.1. The van der Waals surface area contributed by atoms with Crippen LogP contribution in [0.15, 0.2) is 39.7 Å². The molecule has 0 spiro atoms. The molecule has 7 heteroatoms. The lowest BCUT2D eigenvalue weighted by Crippen LogP contribution is -2.14. The Morgan fingerprint density at radius 2 is 1.62 bits per heavy atom. The monoisotopic (exact) mass is 370 g/mol. The first-order chi connectivity index (χ1) is 9.68. The molecular formula is C14H15BrN2O3S. The Bertz CT molecular complexity index is 781. The van der Waals surface area contributed by atoms with E-state index < -0.39 is 10.0 Å². The fourth-order valence-corrected chi connectivity index (χ4v) is 2.82. The van der Waals surface area contributed by atoms with Crippen molar-refractivity contribution in [2.24, 2.45) is 5.14 Å². The van der Waals surface area contributed by atoms with E-state index in [4.69, 9.17) is 15.6 Å².